The van der Waals surface area contributed by atoms with Gasteiger partial charge in [0.05, 0.1) is 6.33 Å². The maximum atomic E-state index is 4.13. The molecule has 1 saturated heterocycles. The average Bonchev–Trinajstić information content (AvgIpc) is 3.35. The molecule has 3 heterocycles. The standard InChI is InChI=1S/C9H20N2.2C8H14N2/c1-9(2)8-11-6-4-10(3)5-7-11;1-7(2)6-10-5-4-9-8(10)3;1-8(2)3-5-10-6-4-9-7-10/h9H,4-8H2,1-3H3;4-5,7H,6H2,1-3H3;4,6-8H,3,5H2,1-2H3. The van der Waals surface area contributed by atoms with Gasteiger partial charge in [0.2, 0.25) is 0 Å². The van der Waals surface area contributed by atoms with Gasteiger partial charge in [-0.3, -0.25) is 0 Å². The van der Waals surface area contributed by atoms with E-state index in [2.05, 4.69) is 77.5 Å². The Morgan fingerprint density at radius 3 is 1.94 bits per heavy atom. The van der Waals surface area contributed by atoms with E-state index in [0.717, 1.165) is 30.7 Å². The molecule has 2 aromatic heterocycles. The molecule has 0 unspecified atom stereocenters. The summed E-state index contributed by atoms with van der Waals surface area (Å²) in [7, 11) is 2.20. The number of aromatic nitrogens is 4. The van der Waals surface area contributed by atoms with E-state index in [0.29, 0.717) is 5.92 Å². The van der Waals surface area contributed by atoms with Crippen LogP contribution in [0.1, 0.15) is 53.8 Å². The molecular weight excluding hydrogens is 384 g/mol. The lowest BCUT2D eigenvalue weighted by Crippen LogP contribution is -2.45. The Hall–Kier alpha value is -1.66. The summed E-state index contributed by atoms with van der Waals surface area (Å²) in [4.78, 5) is 13.1. The molecule has 0 N–H and O–H groups in total. The first kappa shape index (κ1) is 27.4. The predicted octanol–water partition coefficient (Wildman–Crippen LogP) is 4.67. The molecule has 1 fully saturated rings. The summed E-state index contributed by atoms with van der Waals surface area (Å²) in [5.74, 6) is 3.41. The molecule has 0 aliphatic carbocycles. The SMILES string of the molecule is CC(C)CCn1ccnc1.CC(C)CN1CCN(C)CC1.Cc1nccn1CC(C)C. The minimum absolute atomic E-state index is 0.702. The fourth-order valence-corrected chi connectivity index (χ4v) is 3.36. The normalized spacial score (nSPS) is 15.1. The van der Waals surface area contributed by atoms with Crippen molar-refractivity contribution in [2.75, 3.05) is 39.8 Å². The van der Waals surface area contributed by atoms with Crippen LogP contribution in [0.2, 0.25) is 0 Å². The summed E-state index contributed by atoms with van der Waals surface area (Å²) in [5.41, 5.74) is 0. The van der Waals surface area contributed by atoms with Crippen LogP contribution in [0.25, 0.3) is 0 Å². The van der Waals surface area contributed by atoms with E-state index in [1.165, 1.54) is 39.1 Å². The number of hydrogen-bond acceptors (Lipinski definition) is 4. The van der Waals surface area contributed by atoms with Gasteiger partial charge in [0, 0.05) is 70.6 Å². The van der Waals surface area contributed by atoms with Crippen molar-refractivity contribution < 1.29 is 0 Å². The smallest absolute Gasteiger partial charge is 0.105 e. The molecule has 31 heavy (non-hydrogen) atoms. The van der Waals surface area contributed by atoms with Crippen molar-refractivity contribution in [1.29, 1.82) is 0 Å². The number of rotatable bonds is 7. The first-order valence-corrected chi connectivity index (χ1v) is 12.0. The van der Waals surface area contributed by atoms with Crippen molar-refractivity contribution in [2.24, 2.45) is 17.8 Å². The van der Waals surface area contributed by atoms with Gasteiger partial charge < -0.3 is 18.9 Å². The van der Waals surface area contributed by atoms with Gasteiger partial charge >= 0.3 is 0 Å². The minimum Gasteiger partial charge on any atom is -0.337 e. The van der Waals surface area contributed by atoms with E-state index >= 15 is 0 Å². The maximum Gasteiger partial charge on any atom is 0.105 e. The molecule has 178 valence electrons. The zero-order chi connectivity index (χ0) is 23.2. The van der Waals surface area contributed by atoms with Crippen molar-refractivity contribution in [1.82, 2.24) is 28.9 Å². The van der Waals surface area contributed by atoms with Crippen LogP contribution in [-0.4, -0.2) is 68.7 Å². The summed E-state index contributed by atoms with van der Waals surface area (Å²) in [6.07, 6.45) is 10.8. The van der Waals surface area contributed by atoms with Crippen LogP contribution < -0.4 is 0 Å². The molecule has 0 amide bonds. The van der Waals surface area contributed by atoms with Crippen LogP contribution in [0.4, 0.5) is 0 Å². The van der Waals surface area contributed by atoms with Crippen molar-refractivity contribution in [3.8, 4) is 0 Å². The molecule has 0 atom stereocenters. The lowest BCUT2D eigenvalue weighted by molar-refractivity contribution is 0.141. The van der Waals surface area contributed by atoms with Gasteiger partial charge in [-0.2, -0.15) is 0 Å². The van der Waals surface area contributed by atoms with E-state index in [-0.39, 0.29) is 0 Å². The lowest BCUT2D eigenvalue weighted by atomic mass is 10.1. The number of nitrogens with zero attached hydrogens (tertiary/aromatic N) is 6. The first-order valence-electron chi connectivity index (χ1n) is 12.0. The summed E-state index contributed by atoms with van der Waals surface area (Å²) in [6.45, 7) is 23.9. The van der Waals surface area contributed by atoms with Gasteiger partial charge in [0.1, 0.15) is 5.82 Å². The molecule has 0 aromatic carbocycles. The van der Waals surface area contributed by atoms with Crippen molar-refractivity contribution in [3.05, 3.63) is 36.9 Å². The van der Waals surface area contributed by atoms with Crippen LogP contribution >= 0.6 is 0 Å². The number of imidazole rings is 2. The fraction of sp³-hybridized carbons (Fsp3) is 0.760. The second kappa shape index (κ2) is 15.2. The van der Waals surface area contributed by atoms with Gasteiger partial charge in [-0.25, -0.2) is 9.97 Å². The Balaban J connectivity index is 0.000000233. The molecule has 0 spiro atoms. The Morgan fingerprint density at radius 2 is 1.48 bits per heavy atom. The minimum atomic E-state index is 0.702. The zero-order valence-electron chi connectivity index (χ0n) is 21.5. The van der Waals surface area contributed by atoms with Crippen LogP contribution in [0, 0.1) is 24.7 Å². The molecule has 1 aliphatic heterocycles. The van der Waals surface area contributed by atoms with E-state index in [4.69, 9.17) is 0 Å². The summed E-state index contributed by atoms with van der Waals surface area (Å²) >= 11 is 0. The summed E-state index contributed by atoms with van der Waals surface area (Å²) in [5, 5.41) is 0. The van der Waals surface area contributed by atoms with Gasteiger partial charge in [-0.05, 0) is 38.1 Å². The molecule has 6 heteroatoms. The van der Waals surface area contributed by atoms with Gasteiger partial charge in [0.15, 0.2) is 0 Å². The van der Waals surface area contributed by atoms with Crippen LogP contribution in [0.3, 0.4) is 0 Å². The van der Waals surface area contributed by atoms with Crippen LogP contribution in [-0.2, 0) is 13.1 Å². The highest BCUT2D eigenvalue weighted by atomic mass is 15.2. The Morgan fingerprint density at radius 1 is 0.839 bits per heavy atom. The highest BCUT2D eigenvalue weighted by molar-refractivity contribution is 4.88. The number of likely N-dealkylation sites (N-methyl/N-ethyl adjacent to an activating group) is 1. The molecular formula is C25H48N6. The van der Waals surface area contributed by atoms with Gasteiger partial charge in [-0.1, -0.05) is 41.5 Å². The highest BCUT2D eigenvalue weighted by Gasteiger charge is 2.13. The largest absolute Gasteiger partial charge is 0.337 e. The molecule has 6 nitrogen and oxygen atoms in total. The van der Waals surface area contributed by atoms with Crippen molar-refractivity contribution >= 4 is 0 Å². The molecule has 3 rings (SSSR count). The molecule has 0 bridgehead atoms. The highest BCUT2D eigenvalue weighted by Crippen LogP contribution is 2.03. The topological polar surface area (TPSA) is 42.1 Å². The van der Waals surface area contributed by atoms with E-state index in [1.54, 1.807) is 0 Å². The summed E-state index contributed by atoms with van der Waals surface area (Å²) in [6, 6.07) is 0. The van der Waals surface area contributed by atoms with E-state index in [9.17, 15) is 0 Å². The molecule has 1 aliphatic rings. The van der Waals surface area contributed by atoms with Crippen molar-refractivity contribution in [3.63, 3.8) is 0 Å². The van der Waals surface area contributed by atoms with Gasteiger partial charge in [-0.15, -0.1) is 0 Å². The molecule has 0 saturated carbocycles. The predicted molar refractivity (Wildman–Crippen MR) is 132 cm³/mol. The Labute approximate surface area is 191 Å². The van der Waals surface area contributed by atoms with E-state index < -0.39 is 0 Å². The number of aryl methyl sites for hydroxylation is 2. The second-order valence-corrected chi connectivity index (χ2v) is 10.0. The zero-order valence-corrected chi connectivity index (χ0v) is 21.5. The van der Waals surface area contributed by atoms with Crippen LogP contribution in [0.5, 0.6) is 0 Å². The second-order valence-electron chi connectivity index (χ2n) is 10.0. The first-order chi connectivity index (χ1) is 14.7. The van der Waals surface area contributed by atoms with Gasteiger partial charge in [0.25, 0.3) is 0 Å². The fourth-order valence-electron chi connectivity index (χ4n) is 3.36. The molecule has 2 aromatic rings. The third-order valence-corrected chi connectivity index (χ3v) is 5.23. The monoisotopic (exact) mass is 432 g/mol. The third kappa shape index (κ3) is 13.4. The number of piperazine rings is 1. The third-order valence-electron chi connectivity index (χ3n) is 5.23. The van der Waals surface area contributed by atoms with E-state index in [1.807, 2.05) is 38.0 Å². The Bertz CT molecular complexity index is 651. The Kier molecular flexibility index (Phi) is 13.4. The van der Waals surface area contributed by atoms with Crippen LogP contribution in [0.15, 0.2) is 31.1 Å². The average molecular weight is 433 g/mol. The van der Waals surface area contributed by atoms with Crippen molar-refractivity contribution in [2.45, 2.75) is 68.0 Å². The number of hydrogen-bond donors (Lipinski definition) is 0. The molecule has 0 radical (unpaired) electrons. The lowest BCUT2D eigenvalue weighted by Gasteiger charge is -2.33. The quantitative estimate of drug-likeness (QED) is 0.638. The summed E-state index contributed by atoms with van der Waals surface area (Å²) < 4.78 is 4.28. The maximum absolute atomic E-state index is 4.13.